The number of rotatable bonds is 5. The summed E-state index contributed by atoms with van der Waals surface area (Å²) in [6, 6.07) is 7.83. The Labute approximate surface area is 111 Å². The van der Waals surface area contributed by atoms with Gasteiger partial charge in [-0.25, -0.2) is 0 Å². The van der Waals surface area contributed by atoms with Crippen molar-refractivity contribution < 1.29 is 22.3 Å². The summed E-state index contributed by atoms with van der Waals surface area (Å²) in [6.45, 7) is 0. The van der Waals surface area contributed by atoms with Crippen LogP contribution < -0.4 is 10.1 Å². The Morgan fingerprint density at radius 1 is 1.20 bits per heavy atom. The quantitative estimate of drug-likeness (QED) is 0.666. The molecule has 1 aromatic carbocycles. The molecule has 0 aliphatic rings. The van der Waals surface area contributed by atoms with Crippen LogP contribution >= 0.6 is 0 Å². The third-order valence-corrected chi connectivity index (χ3v) is 1.99. The van der Waals surface area contributed by atoms with Gasteiger partial charge in [-0.15, -0.1) is 0 Å². The van der Waals surface area contributed by atoms with Crippen molar-refractivity contribution in [3.05, 3.63) is 36.0 Å². The van der Waals surface area contributed by atoms with Gasteiger partial charge in [0.2, 0.25) is 0 Å². The van der Waals surface area contributed by atoms with E-state index in [9.17, 15) is 17.6 Å². The molecule has 4 nitrogen and oxygen atoms in total. The van der Waals surface area contributed by atoms with E-state index < -0.39 is 18.3 Å². The van der Waals surface area contributed by atoms with Crippen molar-refractivity contribution in [3.63, 3.8) is 0 Å². The van der Waals surface area contributed by atoms with Gasteiger partial charge in [0.15, 0.2) is 0 Å². The van der Waals surface area contributed by atoms with Crippen molar-refractivity contribution in [3.8, 4) is 17.9 Å². The highest BCUT2D eigenvalue weighted by molar-refractivity contribution is 5.51. The number of ether oxygens (including phenoxy) is 1. The molecule has 0 aliphatic carbocycles. The molecule has 0 spiro atoms. The van der Waals surface area contributed by atoms with Gasteiger partial charge in [0.25, 0.3) is 0 Å². The Balaban J connectivity index is 2.74. The Bertz CT molecular complexity index is 554. The maximum Gasteiger partial charge on any atom is 0.461 e. The zero-order chi connectivity index (χ0) is 15.2. The largest absolute Gasteiger partial charge is 0.461 e. The predicted octanol–water partition coefficient (Wildman–Crippen LogP) is 3.27. The first-order valence-corrected chi connectivity index (χ1v) is 5.11. The zero-order valence-electron chi connectivity index (χ0n) is 9.78. The number of alkyl halides is 4. The number of nitrogens with one attached hydrogen (secondary N) is 1. The lowest BCUT2D eigenvalue weighted by molar-refractivity contribution is -0.253. The first-order valence-electron chi connectivity index (χ1n) is 5.11. The molecule has 1 N–H and O–H groups in total. The third kappa shape index (κ3) is 4.18. The van der Waals surface area contributed by atoms with Crippen LogP contribution in [0.15, 0.2) is 36.0 Å². The summed E-state index contributed by atoms with van der Waals surface area (Å²) in [5.74, 6) is -0.439. The van der Waals surface area contributed by atoms with Crippen LogP contribution in [0.3, 0.4) is 0 Å². The number of nitrogens with zero attached hydrogens (tertiary/aromatic N) is 2. The van der Waals surface area contributed by atoms with Gasteiger partial charge < -0.3 is 10.1 Å². The first-order chi connectivity index (χ1) is 9.39. The number of allylic oxidation sites excluding steroid dienone is 1. The van der Waals surface area contributed by atoms with Crippen LogP contribution in [-0.2, 0) is 0 Å². The number of halogens is 4. The standard InChI is InChI=1S/C12H7F4N3O/c13-11(14)12(15,16)20-10-3-1-9(2-4-10)19-7-8(5-17)6-18/h1-4,7,11,19H. The second-order valence-electron chi connectivity index (χ2n) is 3.41. The van der Waals surface area contributed by atoms with Crippen molar-refractivity contribution in [1.82, 2.24) is 0 Å². The molecule has 0 fully saturated rings. The zero-order valence-corrected chi connectivity index (χ0v) is 9.78. The molecular weight excluding hydrogens is 278 g/mol. The molecule has 0 radical (unpaired) electrons. The molecule has 0 amide bonds. The van der Waals surface area contributed by atoms with Crippen molar-refractivity contribution in [2.24, 2.45) is 0 Å². The van der Waals surface area contributed by atoms with E-state index in [0.29, 0.717) is 5.69 Å². The van der Waals surface area contributed by atoms with Crippen LogP contribution in [-0.4, -0.2) is 12.5 Å². The Morgan fingerprint density at radius 3 is 2.20 bits per heavy atom. The Hall–Kier alpha value is -2.74. The SMILES string of the molecule is N#CC(C#N)=CNc1ccc(OC(F)(F)C(F)F)cc1. The molecule has 0 aliphatic heterocycles. The smallest absolute Gasteiger partial charge is 0.428 e. The fraction of sp³-hybridized carbons (Fsp3) is 0.167. The van der Waals surface area contributed by atoms with E-state index in [1.54, 1.807) is 12.1 Å². The molecule has 20 heavy (non-hydrogen) atoms. The third-order valence-electron chi connectivity index (χ3n) is 1.99. The molecule has 0 bridgehead atoms. The lowest BCUT2D eigenvalue weighted by Gasteiger charge is -2.16. The normalized spacial score (nSPS) is 10.3. The van der Waals surface area contributed by atoms with Gasteiger partial charge in [-0.05, 0) is 24.3 Å². The molecule has 0 heterocycles. The number of nitriles is 2. The summed E-state index contributed by atoms with van der Waals surface area (Å²) in [5.41, 5.74) is 0.176. The second kappa shape index (κ2) is 6.43. The highest BCUT2D eigenvalue weighted by Crippen LogP contribution is 2.28. The lowest BCUT2D eigenvalue weighted by atomic mass is 10.3. The minimum absolute atomic E-state index is 0.186. The average molecular weight is 285 g/mol. The fourth-order valence-electron chi connectivity index (χ4n) is 1.07. The second-order valence-corrected chi connectivity index (χ2v) is 3.41. The van der Waals surface area contributed by atoms with Crippen LogP contribution in [0.1, 0.15) is 0 Å². The van der Waals surface area contributed by atoms with Gasteiger partial charge in [0.05, 0.1) is 0 Å². The maximum atomic E-state index is 12.6. The molecule has 104 valence electrons. The van der Waals surface area contributed by atoms with E-state index in [4.69, 9.17) is 10.5 Å². The monoisotopic (exact) mass is 285 g/mol. The lowest BCUT2D eigenvalue weighted by Crippen LogP contribution is -2.33. The van der Waals surface area contributed by atoms with E-state index in [2.05, 4.69) is 10.1 Å². The molecule has 1 rings (SSSR count). The summed E-state index contributed by atoms with van der Waals surface area (Å²) in [4.78, 5) is 0. The van der Waals surface area contributed by atoms with E-state index in [1.807, 2.05) is 0 Å². The molecule has 0 unspecified atom stereocenters. The van der Waals surface area contributed by atoms with Crippen LogP contribution in [0.5, 0.6) is 5.75 Å². The molecule has 0 atom stereocenters. The summed E-state index contributed by atoms with van der Waals surface area (Å²) >= 11 is 0. The number of benzene rings is 1. The van der Waals surface area contributed by atoms with E-state index in [1.165, 1.54) is 12.1 Å². The van der Waals surface area contributed by atoms with Crippen LogP contribution in [0.25, 0.3) is 0 Å². The fourth-order valence-corrected chi connectivity index (χ4v) is 1.07. The molecule has 0 saturated carbocycles. The molecule has 0 saturated heterocycles. The minimum atomic E-state index is -4.57. The van der Waals surface area contributed by atoms with Crippen molar-refractivity contribution in [2.45, 2.75) is 12.5 Å². The van der Waals surface area contributed by atoms with Gasteiger partial charge in [-0.2, -0.15) is 28.1 Å². The summed E-state index contributed by atoms with van der Waals surface area (Å²) in [6.07, 6.45) is -7.38. The summed E-state index contributed by atoms with van der Waals surface area (Å²) in [7, 11) is 0. The first kappa shape index (κ1) is 15.3. The number of hydrogen-bond acceptors (Lipinski definition) is 4. The predicted molar refractivity (Wildman–Crippen MR) is 61.0 cm³/mol. The van der Waals surface area contributed by atoms with Crippen LogP contribution in [0.2, 0.25) is 0 Å². The van der Waals surface area contributed by atoms with Crippen molar-refractivity contribution in [2.75, 3.05) is 5.32 Å². The Morgan fingerprint density at radius 2 is 1.75 bits per heavy atom. The highest BCUT2D eigenvalue weighted by atomic mass is 19.3. The number of hydrogen-bond donors (Lipinski definition) is 1. The summed E-state index contributed by atoms with van der Waals surface area (Å²) in [5, 5.41) is 19.5. The topological polar surface area (TPSA) is 68.8 Å². The molecule has 8 heteroatoms. The summed E-state index contributed by atoms with van der Waals surface area (Å²) < 4.78 is 52.9. The molecule has 1 aromatic rings. The highest BCUT2D eigenvalue weighted by Gasteiger charge is 2.43. The van der Waals surface area contributed by atoms with Crippen LogP contribution in [0.4, 0.5) is 23.2 Å². The molecular formula is C12H7F4N3O. The van der Waals surface area contributed by atoms with Crippen molar-refractivity contribution >= 4 is 5.69 Å². The van der Waals surface area contributed by atoms with Gasteiger partial charge in [0, 0.05) is 11.9 Å². The van der Waals surface area contributed by atoms with Crippen molar-refractivity contribution in [1.29, 1.82) is 10.5 Å². The van der Waals surface area contributed by atoms with Gasteiger partial charge in [0.1, 0.15) is 23.5 Å². The van der Waals surface area contributed by atoms with E-state index in [0.717, 1.165) is 18.3 Å². The molecule has 0 aromatic heterocycles. The van der Waals surface area contributed by atoms with E-state index >= 15 is 0 Å². The van der Waals surface area contributed by atoms with Gasteiger partial charge >= 0.3 is 12.5 Å². The number of anilines is 1. The van der Waals surface area contributed by atoms with Gasteiger partial charge in [-0.1, -0.05) is 0 Å². The Kier molecular flexibility index (Phi) is 4.93. The maximum absolute atomic E-state index is 12.6. The van der Waals surface area contributed by atoms with E-state index in [-0.39, 0.29) is 5.57 Å². The van der Waals surface area contributed by atoms with Crippen LogP contribution in [0, 0.1) is 22.7 Å². The minimum Gasteiger partial charge on any atom is -0.428 e. The average Bonchev–Trinajstić information content (AvgIpc) is 2.41. The van der Waals surface area contributed by atoms with Gasteiger partial charge in [-0.3, -0.25) is 0 Å².